The van der Waals surface area contributed by atoms with E-state index in [2.05, 4.69) is 6.07 Å². The molecule has 5 nitrogen and oxygen atoms in total. The van der Waals surface area contributed by atoms with Gasteiger partial charge in [-0.3, -0.25) is 4.79 Å². The zero-order valence-corrected chi connectivity index (χ0v) is 17.5. The second kappa shape index (κ2) is 8.54. The van der Waals surface area contributed by atoms with E-state index in [1.54, 1.807) is 28.4 Å². The third kappa shape index (κ3) is 4.78. The molecule has 1 saturated heterocycles. The quantitative estimate of drug-likeness (QED) is 0.740. The molecular formula is C20H26N2O3S2. The fraction of sp³-hybridized carbons (Fsp3) is 0.450. The number of sulfonamides is 1. The highest BCUT2D eigenvalue weighted by Gasteiger charge is 2.30. The molecule has 1 aromatic carbocycles. The van der Waals surface area contributed by atoms with Crippen LogP contribution in [0, 0.1) is 13.8 Å². The predicted octanol–water partition coefficient (Wildman–Crippen LogP) is 3.22. The van der Waals surface area contributed by atoms with Crippen molar-refractivity contribution in [1.29, 1.82) is 0 Å². The molecule has 3 rings (SSSR count). The zero-order valence-electron chi connectivity index (χ0n) is 15.8. The third-order valence-electron chi connectivity index (χ3n) is 5.10. The van der Waals surface area contributed by atoms with Crippen molar-refractivity contribution in [3.63, 3.8) is 0 Å². The van der Waals surface area contributed by atoms with Crippen LogP contribution in [-0.2, 0) is 21.2 Å². The van der Waals surface area contributed by atoms with Gasteiger partial charge in [0.2, 0.25) is 15.9 Å². The van der Waals surface area contributed by atoms with Gasteiger partial charge in [0.1, 0.15) is 0 Å². The van der Waals surface area contributed by atoms with Crippen molar-refractivity contribution in [2.24, 2.45) is 0 Å². The highest BCUT2D eigenvalue weighted by molar-refractivity contribution is 7.89. The van der Waals surface area contributed by atoms with Crippen LogP contribution in [0.1, 0.15) is 28.8 Å². The summed E-state index contributed by atoms with van der Waals surface area (Å²) in [5.74, 6) is 0.120. The highest BCUT2D eigenvalue weighted by atomic mass is 32.2. The first kappa shape index (κ1) is 20.0. The number of amides is 1. The van der Waals surface area contributed by atoms with Gasteiger partial charge in [-0.2, -0.15) is 4.31 Å². The maximum Gasteiger partial charge on any atom is 0.243 e. The summed E-state index contributed by atoms with van der Waals surface area (Å²) in [6, 6.07) is 9.35. The van der Waals surface area contributed by atoms with Gasteiger partial charge in [0.05, 0.1) is 4.90 Å². The Morgan fingerprint density at radius 3 is 2.44 bits per heavy atom. The Hall–Kier alpha value is -1.70. The minimum Gasteiger partial charge on any atom is -0.340 e. The van der Waals surface area contributed by atoms with Crippen LogP contribution in [0.25, 0.3) is 0 Å². The Kier molecular flexibility index (Phi) is 6.34. The van der Waals surface area contributed by atoms with Crippen molar-refractivity contribution in [2.45, 2.75) is 38.0 Å². The van der Waals surface area contributed by atoms with Crippen LogP contribution in [0.15, 0.2) is 40.6 Å². The minimum atomic E-state index is -3.50. The van der Waals surface area contributed by atoms with Gasteiger partial charge >= 0.3 is 0 Å². The van der Waals surface area contributed by atoms with Gasteiger partial charge < -0.3 is 4.90 Å². The summed E-state index contributed by atoms with van der Waals surface area (Å²) in [7, 11) is -3.50. The molecule has 7 heteroatoms. The average molecular weight is 407 g/mol. The summed E-state index contributed by atoms with van der Waals surface area (Å²) in [6.07, 6.45) is 2.27. The van der Waals surface area contributed by atoms with Crippen molar-refractivity contribution < 1.29 is 13.2 Å². The first-order chi connectivity index (χ1) is 12.9. The Morgan fingerprint density at radius 1 is 1.07 bits per heavy atom. The Balaban J connectivity index is 1.53. The van der Waals surface area contributed by atoms with Crippen molar-refractivity contribution in [1.82, 2.24) is 9.21 Å². The van der Waals surface area contributed by atoms with Crippen LogP contribution in [-0.4, -0.2) is 49.7 Å². The average Bonchev–Trinajstić information content (AvgIpc) is 3.17. The minimum absolute atomic E-state index is 0.120. The smallest absolute Gasteiger partial charge is 0.243 e. The van der Waals surface area contributed by atoms with Gasteiger partial charge in [0.25, 0.3) is 0 Å². The van der Waals surface area contributed by atoms with E-state index in [0.717, 1.165) is 24.0 Å². The van der Waals surface area contributed by atoms with E-state index in [0.29, 0.717) is 37.5 Å². The van der Waals surface area contributed by atoms with Crippen LogP contribution in [0.5, 0.6) is 0 Å². The molecule has 2 heterocycles. The van der Waals surface area contributed by atoms with Crippen molar-refractivity contribution in [2.75, 3.05) is 26.2 Å². The predicted molar refractivity (Wildman–Crippen MR) is 109 cm³/mol. The summed E-state index contributed by atoms with van der Waals surface area (Å²) in [4.78, 5) is 15.8. The first-order valence-corrected chi connectivity index (χ1v) is 11.6. The monoisotopic (exact) mass is 406 g/mol. The van der Waals surface area contributed by atoms with Crippen LogP contribution in [0.4, 0.5) is 0 Å². The molecule has 0 saturated carbocycles. The molecule has 1 aliphatic heterocycles. The Bertz CT molecular complexity index is 884. The molecular weight excluding hydrogens is 380 g/mol. The Labute approximate surface area is 165 Å². The van der Waals surface area contributed by atoms with E-state index in [4.69, 9.17) is 0 Å². The number of aryl methyl sites for hydroxylation is 3. The fourth-order valence-corrected chi connectivity index (χ4v) is 5.49. The molecule has 0 atom stereocenters. The van der Waals surface area contributed by atoms with Gasteiger partial charge in [0.15, 0.2) is 0 Å². The summed E-state index contributed by atoms with van der Waals surface area (Å²) in [5, 5.41) is 2.05. The molecule has 1 fully saturated rings. The molecule has 0 bridgehead atoms. The second-order valence-electron chi connectivity index (χ2n) is 6.96. The van der Waals surface area contributed by atoms with Crippen molar-refractivity contribution in [3.8, 4) is 0 Å². The molecule has 0 aliphatic carbocycles. The van der Waals surface area contributed by atoms with Gasteiger partial charge in [-0.1, -0.05) is 12.1 Å². The molecule has 1 amide bonds. The maximum atomic E-state index is 12.9. The molecule has 27 heavy (non-hydrogen) atoms. The van der Waals surface area contributed by atoms with E-state index >= 15 is 0 Å². The largest absolute Gasteiger partial charge is 0.340 e. The molecule has 0 N–H and O–H groups in total. The van der Waals surface area contributed by atoms with Gasteiger partial charge in [-0.25, -0.2) is 8.42 Å². The third-order valence-corrected chi connectivity index (χ3v) is 7.93. The SMILES string of the molecule is Cc1ccc(S(=O)(=O)N2CCN(C(=O)CCCc3cccs3)CC2)cc1C. The van der Waals surface area contributed by atoms with E-state index in [1.807, 2.05) is 31.4 Å². The number of nitrogens with zero attached hydrogens (tertiary/aromatic N) is 2. The number of hydrogen-bond donors (Lipinski definition) is 0. The molecule has 146 valence electrons. The standard InChI is InChI=1S/C20H26N2O3S2/c1-16-8-9-19(15-17(16)2)27(24,25)22-12-10-21(11-13-22)20(23)7-3-5-18-6-4-14-26-18/h4,6,8-9,14-15H,3,5,7,10-13H2,1-2H3. The topological polar surface area (TPSA) is 57.7 Å². The van der Waals surface area contributed by atoms with E-state index in [9.17, 15) is 13.2 Å². The molecule has 2 aromatic rings. The van der Waals surface area contributed by atoms with Gasteiger partial charge in [0, 0.05) is 37.5 Å². The molecule has 0 spiro atoms. The number of piperazine rings is 1. The van der Waals surface area contributed by atoms with Crippen molar-refractivity contribution in [3.05, 3.63) is 51.7 Å². The van der Waals surface area contributed by atoms with Gasteiger partial charge in [-0.15, -0.1) is 11.3 Å². The van der Waals surface area contributed by atoms with Crippen LogP contribution >= 0.6 is 11.3 Å². The summed E-state index contributed by atoms with van der Waals surface area (Å²) >= 11 is 1.71. The van der Waals surface area contributed by atoms with Crippen LogP contribution in [0.3, 0.4) is 0 Å². The molecule has 0 unspecified atom stereocenters. The number of rotatable bonds is 6. The van der Waals surface area contributed by atoms with E-state index in [-0.39, 0.29) is 5.91 Å². The summed E-state index contributed by atoms with van der Waals surface area (Å²) in [6.45, 7) is 5.51. The second-order valence-corrected chi connectivity index (χ2v) is 9.93. The lowest BCUT2D eigenvalue weighted by molar-refractivity contribution is -0.132. The first-order valence-electron chi connectivity index (χ1n) is 9.25. The Morgan fingerprint density at radius 2 is 1.81 bits per heavy atom. The maximum absolute atomic E-state index is 12.9. The number of carbonyl (C=O) groups excluding carboxylic acids is 1. The number of carbonyl (C=O) groups is 1. The lowest BCUT2D eigenvalue weighted by atomic mass is 10.1. The molecule has 1 aromatic heterocycles. The molecule has 0 radical (unpaired) electrons. The number of hydrogen-bond acceptors (Lipinski definition) is 4. The highest BCUT2D eigenvalue weighted by Crippen LogP contribution is 2.21. The van der Waals surface area contributed by atoms with Gasteiger partial charge in [-0.05, 0) is 61.4 Å². The normalized spacial score (nSPS) is 15.9. The zero-order chi connectivity index (χ0) is 19.4. The van der Waals surface area contributed by atoms with Crippen LogP contribution < -0.4 is 0 Å². The fourth-order valence-electron chi connectivity index (χ4n) is 3.23. The lowest BCUT2D eigenvalue weighted by Crippen LogP contribution is -2.50. The van der Waals surface area contributed by atoms with E-state index in [1.165, 1.54) is 9.18 Å². The summed E-state index contributed by atoms with van der Waals surface area (Å²) < 4.78 is 27.2. The lowest BCUT2D eigenvalue weighted by Gasteiger charge is -2.34. The van der Waals surface area contributed by atoms with E-state index < -0.39 is 10.0 Å². The number of thiophene rings is 1. The summed E-state index contributed by atoms with van der Waals surface area (Å²) in [5.41, 5.74) is 2.04. The number of benzene rings is 1. The molecule has 1 aliphatic rings. The van der Waals surface area contributed by atoms with Crippen molar-refractivity contribution >= 4 is 27.3 Å². The van der Waals surface area contributed by atoms with Crippen LogP contribution in [0.2, 0.25) is 0 Å².